The minimum absolute atomic E-state index is 0.114. The lowest BCUT2D eigenvalue weighted by Gasteiger charge is -2.39. The van der Waals surface area contributed by atoms with Crippen LogP contribution in [0.5, 0.6) is 0 Å². The van der Waals surface area contributed by atoms with Crippen LogP contribution in [0.15, 0.2) is 0 Å². The lowest BCUT2D eigenvalue weighted by Crippen LogP contribution is -2.48. The van der Waals surface area contributed by atoms with Crippen LogP contribution in [0, 0.1) is 11.3 Å². The van der Waals surface area contributed by atoms with Crippen molar-refractivity contribution in [3.63, 3.8) is 0 Å². The fraction of sp³-hybridized carbons (Fsp3) is 1.00. The molecular weight excluding hydrogens is 234 g/mol. The quantitative estimate of drug-likeness (QED) is 0.845. The van der Waals surface area contributed by atoms with E-state index < -0.39 is 9.84 Å². The highest BCUT2D eigenvalue weighted by Gasteiger charge is 2.40. The standard InChI is InChI=1S/C13H27NO2S/c1-5-10(2)9-17(15,16)12-8-13(3,4)7-6-11(12)14/h10-12H,5-9,14H2,1-4H3. The fourth-order valence-electron chi connectivity index (χ4n) is 2.57. The zero-order valence-electron chi connectivity index (χ0n) is 11.6. The Bertz CT molecular complexity index is 348. The summed E-state index contributed by atoms with van der Waals surface area (Å²) < 4.78 is 24.7. The van der Waals surface area contributed by atoms with Gasteiger partial charge in [0.25, 0.3) is 0 Å². The summed E-state index contributed by atoms with van der Waals surface area (Å²) in [6.45, 7) is 8.32. The summed E-state index contributed by atoms with van der Waals surface area (Å²) in [6.07, 6.45) is 3.48. The molecule has 0 radical (unpaired) electrons. The Morgan fingerprint density at radius 3 is 2.53 bits per heavy atom. The molecule has 0 aromatic heterocycles. The van der Waals surface area contributed by atoms with Crippen molar-refractivity contribution in [1.29, 1.82) is 0 Å². The van der Waals surface area contributed by atoms with E-state index in [2.05, 4.69) is 13.8 Å². The number of rotatable bonds is 4. The van der Waals surface area contributed by atoms with Gasteiger partial charge < -0.3 is 5.73 Å². The number of hydrogen-bond acceptors (Lipinski definition) is 3. The van der Waals surface area contributed by atoms with E-state index in [0.29, 0.717) is 6.42 Å². The molecule has 17 heavy (non-hydrogen) atoms. The molecular formula is C13H27NO2S. The van der Waals surface area contributed by atoms with Crippen LogP contribution in [0.1, 0.15) is 53.4 Å². The third-order valence-corrected chi connectivity index (χ3v) is 6.53. The van der Waals surface area contributed by atoms with Crippen LogP contribution in [0.2, 0.25) is 0 Å². The van der Waals surface area contributed by atoms with E-state index in [4.69, 9.17) is 5.73 Å². The summed E-state index contributed by atoms with van der Waals surface area (Å²) in [5.74, 6) is 0.523. The highest BCUT2D eigenvalue weighted by atomic mass is 32.2. The SMILES string of the molecule is CCC(C)CS(=O)(=O)C1CC(C)(C)CCC1N. The van der Waals surface area contributed by atoms with Crippen molar-refractivity contribution in [1.82, 2.24) is 0 Å². The van der Waals surface area contributed by atoms with E-state index in [1.165, 1.54) is 0 Å². The van der Waals surface area contributed by atoms with Gasteiger partial charge in [0.2, 0.25) is 0 Å². The molecule has 1 rings (SSSR count). The second kappa shape index (κ2) is 5.27. The summed E-state index contributed by atoms with van der Waals surface area (Å²) in [5, 5.41) is -0.333. The first-order valence-corrected chi connectivity index (χ1v) is 8.36. The van der Waals surface area contributed by atoms with Gasteiger partial charge >= 0.3 is 0 Å². The molecule has 0 heterocycles. The van der Waals surface area contributed by atoms with Gasteiger partial charge in [0.1, 0.15) is 0 Å². The lowest BCUT2D eigenvalue weighted by atomic mass is 9.75. The van der Waals surface area contributed by atoms with Gasteiger partial charge in [-0.1, -0.05) is 34.1 Å². The number of nitrogens with two attached hydrogens (primary N) is 1. The Morgan fingerprint density at radius 1 is 1.41 bits per heavy atom. The maximum Gasteiger partial charge on any atom is 0.154 e. The molecule has 0 aromatic rings. The summed E-state index contributed by atoms with van der Waals surface area (Å²) in [6, 6.07) is -0.169. The third kappa shape index (κ3) is 3.95. The Kier molecular flexibility index (Phi) is 4.64. The van der Waals surface area contributed by atoms with Gasteiger partial charge in [-0.25, -0.2) is 8.42 Å². The van der Waals surface area contributed by atoms with Crippen LogP contribution in [0.4, 0.5) is 0 Å². The highest BCUT2D eigenvalue weighted by molar-refractivity contribution is 7.92. The van der Waals surface area contributed by atoms with Crippen LogP contribution >= 0.6 is 0 Å². The summed E-state index contributed by atoms with van der Waals surface area (Å²) in [4.78, 5) is 0. The van der Waals surface area contributed by atoms with Crippen molar-refractivity contribution in [2.45, 2.75) is 64.7 Å². The summed E-state index contributed by atoms with van der Waals surface area (Å²) in [7, 11) is -3.04. The van der Waals surface area contributed by atoms with Gasteiger partial charge in [-0.3, -0.25) is 0 Å². The molecule has 102 valence electrons. The van der Waals surface area contributed by atoms with Crippen molar-refractivity contribution in [2.24, 2.45) is 17.1 Å². The average molecular weight is 261 g/mol. The Labute approximate surface area is 106 Å². The molecule has 0 bridgehead atoms. The van der Waals surface area contributed by atoms with E-state index in [9.17, 15) is 8.42 Å². The predicted molar refractivity (Wildman–Crippen MR) is 72.6 cm³/mol. The van der Waals surface area contributed by atoms with Crippen molar-refractivity contribution in [3.8, 4) is 0 Å². The maximum atomic E-state index is 12.4. The van der Waals surface area contributed by atoms with E-state index in [0.717, 1.165) is 19.3 Å². The van der Waals surface area contributed by atoms with Crippen molar-refractivity contribution >= 4 is 9.84 Å². The second-order valence-electron chi connectivity index (χ2n) is 6.45. The van der Waals surface area contributed by atoms with Gasteiger partial charge in [0.15, 0.2) is 9.84 Å². The second-order valence-corrected chi connectivity index (χ2v) is 8.72. The zero-order valence-corrected chi connectivity index (χ0v) is 12.4. The maximum absolute atomic E-state index is 12.4. The van der Waals surface area contributed by atoms with E-state index in [1.807, 2.05) is 13.8 Å². The van der Waals surface area contributed by atoms with Gasteiger partial charge in [0.05, 0.1) is 11.0 Å². The minimum Gasteiger partial charge on any atom is -0.327 e. The topological polar surface area (TPSA) is 60.2 Å². The Hall–Kier alpha value is -0.0900. The molecule has 3 nitrogen and oxygen atoms in total. The monoisotopic (exact) mass is 261 g/mol. The molecule has 1 saturated carbocycles. The van der Waals surface area contributed by atoms with Crippen LogP contribution in [-0.4, -0.2) is 25.5 Å². The summed E-state index contributed by atoms with van der Waals surface area (Å²) in [5.41, 5.74) is 6.14. The average Bonchev–Trinajstić information content (AvgIpc) is 2.21. The largest absolute Gasteiger partial charge is 0.327 e. The van der Waals surface area contributed by atoms with Crippen LogP contribution in [0.25, 0.3) is 0 Å². The Morgan fingerprint density at radius 2 is 2.00 bits per heavy atom. The highest BCUT2D eigenvalue weighted by Crippen LogP contribution is 2.38. The van der Waals surface area contributed by atoms with E-state index in [-0.39, 0.29) is 28.4 Å². The van der Waals surface area contributed by atoms with Crippen molar-refractivity contribution in [2.75, 3.05) is 5.75 Å². The predicted octanol–water partition coefficient (Wildman–Crippen LogP) is 2.35. The molecule has 0 aromatic carbocycles. The van der Waals surface area contributed by atoms with Gasteiger partial charge in [-0.15, -0.1) is 0 Å². The first kappa shape index (κ1) is 15.0. The molecule has 0 amide bonds. The summed E-state index contributed by atoms with van der Waals surface area (Å²) >= 11 is 0. The molecule has 1 aliphatic rings. The first-order chi connectivity index (χ1) is 7.68. The molecule has 1 fully saturated rings. The molecule has 1 aliphatic carbocycles. The number of hydrogen-bond donors (Lipinski definition) is 1. The zero-order chi connectivity index (χ0) is 13.3. The first-order valence-electron chi connectivity index (χ1n) is 6.65. The lowest BCUT2D eigenvalue weighted by molar-refractivity contribution is 0.227. The minimum atomic E-state index is -3.04. The van der Waals surface area contributed by atoms with Crippen molar-refractivity contribution < 1.29 is 8.42 Å². The normalized spacial score (nSPS) is 31.1. The van der Waals surface area contributed by atoms with Crippen LogP contribution in [0.3, 0.4) is 0 Å². The third-order valence-electron chi connectivity index (χ3n) is 4.06. The van der Waals surface area contributed by atoms with Gasteiger partial charge in [-0.2, -0.15) is 0 Å². The molecule has 3 atom stereocenters. The molecule has 0 aliphatic heterocycles. The molecule has 0 saturated heterocycles. The smallest absolute Gasteiger partial charge is 0.154 e. The van der Waals surface area contributed by atoms with Gasteiger partial charge in [0, 0.05) is 6.04 Å². The van der Waals surface area contributed by atoms with E-state index >= 15 is 0 Å². The van der Waals surface area contributed by atoms with Gasteiger partial charge in [-0.05, 0) is 30.6 Å². The molecule has 0 spiro atoms. The molecule has 2 N–H and O–H groups in total. The fourth-order valence-corrected chi connectivity index (χ4v) is 5.22. The Balaban J connectivity index is 2.82. The van der Waals surface area contributed by atoms with Crippen LogP contribution in [-0.2, 0) is 9.84 Å². The van der Waals surface area contributed by atoms with E-state index in [1.54, 1.807) is 0 Å². The number of sulfone groups is 1. The molecule has 3 unspecified atom stereocenters. The van der Waals surface area contributed by atoms with Crippen molar-refractivity contribution in [3.05, 3.63) is 0 Å². The molecule has 4 heteroatoms. The van der Waals surface area contributed by atoms with Crippen LogP contribution < -0.4 is 5.73 Å².